The van der Waals surface area contributed by atoms with Crippen LogP contribution in [0.3, 0.4) is 0 Å². The van der Waals surface area contributed by atoms with Crippen molar-refractivity contribution in [3.8, 4) is 0 Å². The number of rotatable bonds is 15. The van der Waals surface area contributed by atoms with Crippen molar-refractivity contribution in [3.63, 3.8) is 0 Å². The van der Waals surface area contributed by atoms with E-state index in [2.05, 4.69) is 15.3 Å². The molecule has 0 radical (unpaired) electrons. The highest BCUT2D eigenvalue weighted by Gasteiger charge is 2.61. The zero-order valence-corrected chi connectivity index (χ0v) is 27.0. The Hall–Kier alpha value is -3.70. The second-order valence-corrected chi connectivity index (χ2v) is 12.8. The van der Waals surface area contributed by atoms with E-state index in [9.17, 15) is 5.53 Å². The van der Waals surface area contributed by atoms with Crippen LogP contribution in [0.1, 0.15) is 22.3 Å². The van der Waals surface area contributed by atoms with Crippen LogP contribution < -0.4 is 5.32 Å². The maximum atomic E-state index is 10.1. The Morgan fingerprint density at radius 1 is 0.702 bits per heavy atom. The molecule has 2 aliphatic rings. The topological polar surface area (TPSA) is 107 Å². The summed E-state index contributed by atoms with van der Waals surface area (Å²) in [5.74, 6) is 0.834. The van der Waals surface area contributed by atoms with Crippen molar-refractivity contribution in [2.24, 2.45) is 5.11 Å². The maximum absolute atomic E-state index is 10.1. The fourth-order valence-corrected chi connectivity index (χ4v) is 7.17. The van der Waals surface area contributed by atoms with E-state index in [-0.39, 0.29) is 18.6 Å². The molecule has 6 rings (SSSR count). The van der Waals surface area contributed by atoms with Gasteiger partial charge in [-0.15, -0.1) is 11.8 Å². The van der Waals surface area contributed by atoms with Gasteiger partial charge in [-0.05, 0) is 27.8 Å². The zero-order chi connectivity index (χ0) is 32.2. The van der Waals surface area contributed by atoms with Crippen LogP contribution in [0.25, 0.3) is 10.4 Å². The van der Waals surface area contributed by atoms with Gasteiger partial charge in [0.25, 0.3) is 0 Å². The van der Waals surface area contributed by atoms with E-state index in [1.54, 1.807) is 11.8 Å². The summed E-state index contributed by atoms with van der Waals surface area (Å²) in [5, 5.41) is 7.55. The van der Waals surface area contributed by atoms with Crippen molar-refractivity contribution < 1.29 is 23.7 Å². The summed E-state index contributed by atoms with van der Waals surface area (Å²) in [4.78, 5) is 3.34. The van der Waals surface area contributed by atoms with E-state index in [1.807, 2.05) is 121 Å². The molecule has 244 valence electrons. The Kier molecular flexibility index (Phi) is 12.0. The molecule has 0 bridgehead atoms. The van der Waals surface area contributed by atoms with Crippen LogP contribution in [-0.2, 0) is 50.1 Å². The van der Waals surface area contributed by atoms with Crippen molar-refractivity contribution in [2.75, 3.05) is 18.9 Å². The number of hydrogen-bond acceptors (Lipinski definition) is 8. The predicted molar refractivity (Wildman–Crippen MR) is 182 cm³/mol. The molecule has 9 nitrogen and oxygen atoms in total. The van der Waals surface area contributed by atoms with Gasteiger partial charge in [0.1, 0.15) is 24.4 Å². The fraction of sp³-hybridized carbons (Fsp3) is 0.351. The van der Waals surface area contributed by atoms with Gasteiger partial charge >= 0.3 is 0 Å². The molecule has 1 N–H and O–H groups in total. The minimum atomic E-state index is -1.46. The lowest BCUT2D eigenvalue weighted by Crippen LogP contribution is -2.70. The second-order valence-electron chi connectivity index (χ2n) is 11.5. The van der Waals surface area contributed by atoms with Gasteiger partial charge in [-0.25, -0.2) is 0 Å². The molecular weight excluding hydrogens is 612 g/mol. The second kappa shape index (κ2) is 16.9. The first-order chi connectivity index (χ1) is 23.2. The van der Waals surface area contributed by atoms with Crippen LogP contribution in [0.5, 0.6) is 0 Å². The van der Waals surface area contributed by atoms with Gasteiger partial charge in [0.2, 0.25) is 5.72 Å². The summed E-state index contributed by atoms with van der Waals surface area (Å²) in [7, 11) is 0. The maximum Gasteiger partial charge on any atom is 0.200 e. The molecule has 2 heterocycles. The molecule has 0 aliphatic carbocycles. The Bertz CT molecular complexity index is 1540. The number of nitrogens with one attached hydrogen (secondary N) is 1. The fourth-order valence-electron chi connectivity index (χ4n) is 5.99. The summed E-state index contributed by atoms with van der Waals surface area (Å²) >= 11 is 1.65. The van der Waals surface area contributed by atoms with Crippen LogP contribution in [0.4, 0.5) is 0 Å². The van der Waals surface area contributed by atoms with Crippen LogP contribution in [-0.4, -0.2) is 54.4 Å². The highest BCUT2D eigenvalue weighted by molar-refractivity contribution is 8.00. The van der Waals surface area contributed by atoms with Crippen molar-refractivity contribution in [2.45, 2.75) is 61.9 Å². The molecule has 0 amide bonds. The van der Waals surface area contributed by atoms with Gasteiger partial charge in [0.05, 0.1) is 38.4 Å². The molecule has 10 heteroatoms. The van der Waals surface area contributed by atoms with Gasteiger partial charge in [-0.1, -0.05) is 126 Å². The summed E-state index contributed by atoms with van der Waals surface area (Å²) < 4.78 is 33.6. The van der Waals surface area contributed by atoms with Crippen molar-refractivity contribution in [1.82, 2.24) is 5.32 Å². The number of benzene rings is 4. The number of hydrogen-bond donors (Lipinski definition) is 1. The molecule has 2 saturated heterocycles. The molecule has 0 aromatic heterocycles. The van der Waals surface area contributed by atoms with Crippen molar-refractivity contribution in [3.05, 3.63) is 154 Å². The number of nitrogens with zero attached hydrogens (tertiary/aromatic N) is 3. The lowest BCUT2D eigenvalue weighted by molar-refractivity contribution is -0.307. The lowest BCUT2D eigenvalue weighted by Gasteiger charge is -2.52. The molecular formula is C37H40N4O5S. The molecule has 4 aromatic rings. The zero-order valence-electron chi connectivity index (χ0n) is 26.2. The Morgan fingerprint density at radius 2 is 1.19 bits per heavy atom. The number of ether oxygens (including phenoxy) is 5. The molecule has 4 aromatic carbocycles. The monoisotopic (exact) mass is 652 g/mol. The lowest BCUT2D eigenvalue weighted by atomic mass is 9.89. The average Bonchev–Trinajstić information content (AvgIpc) is 3.68. The predicted octanol–water partition coefficient (Wildman–Crippen LogP) is 7.03. The standard InChI is InChI=1S/C37H40N4O5S/c38-41-40-37(36-39-21-22-47-36)35(45-26-31-19-11-4-12-20-31)34(44-25-30-17-9-3-10-18-30)33(43-24-29-15-7-2-8-16-29)32(46-37)27-42-23-28-13-5-1-6-14-28/h1-20,32-36,39H,21-27H2/t32-,33+,34+,35-,36?,37-/m1/s1. The molecule has 1 unspecified atom stereocenters. The molecule has 0 saturated carbocycles. The van der Waals surface area contributed by atoms with E-state index >= 15 is 0 Å². The summed E-state index contributed by atoms with van der Waals surface area (Å²) in [6.07, 6.45) is -2.77. The van der Waals surface area contributed by atoms with Gasteiger partial charge in [-0.3, -0.25) is 0 Å². The van der Waals surface area contributed by atoms with E-state index in [1.165, 1.54) is 0 Å². The minimum absolute atomic E-state index is 0.186. The van der Waals surface area contributed by atoms with Crippen LogP contribution >= 0.6 is 11.8 Å². The third-order valence-corrected chi connectivity index (χ3v) is 9.54. The Labute approximate surface area is 280 Å². The Balaban J connectivity index is 1.38. The highest BCUT2D eigenvalue weighted by Crippen LogP contribution is 2.44. The number of azide groups is 1. The van der Waals surface area contributed by atoms with Gasteiger partial charge in [0.15, 0.2) is 0 Å². The molecule has 2 fully saturated rings. The highest BCUT2D eigenvalue weighted by atomic mass is 32.2. The van der Waals surface area contributed by atoms with Crippen LogP contribution in [0.15, 0.2) is 126 Å². The average molecular weight is 653 g/mol. The smallest absolute Gasteiger partial charge is 0.200 e. The first-order valence-corrected chi connectivity index (χ1v) is 17.0. The summed E-state index contributed by atoms with van der Waals surface area (Å²) in [5.41, 5.74) is 12.6. The van der Waals surface area contributed by atoms with Crippen LogP contribution in [0.2, 0.25) is 0 Å². The van der Waals surface area contributed by atoms with Crippen molar-refractivity contribution >= 4 is 11.8 Å². The molecule has 6 atom stereocenters. The SMILES string of the molecule is [N-]=[N+]=N[C@@]1(C2NCCS2)O[C@H](COCc2ccccc2)[C@H](OCc2ccccc2)[C@H](OCc2ccccc2)[C@H]1OCc1ccccc1. The third-order valence-electron chi connectivity index (χ3n) is 8.27. The molecule has 2 aliphatic heterocycles. The van der Waals surface area contributed by atoms with Gasteiger partial charge in [-0.2, -0.15) is 0 Å². The summed E-state index contributed by atoms with van der Waals surface area (Å²) in [6, 6.07) is 39.9. The van der Waals surface area contributed by atoms with Crippen LogP contribution in [0, 0.1) is 0 Å². The van der Waals surface area contributed by atoms with Crippen molar-refractivity contribution in [1.29, 1.82) is 0 Å². The first-order valence-electron chi connectivity index (χ1n) is 15.9. The van der Waals surface area contributed by atoms with E-state index < -0.39 is 30.1 Å². The third kappa shape index (κ3) is 8.61. The minimum Gasteiger partial charge on any atom is -0.374 e. The number of thioether (sulfide) groups is 1. The normalized spacial score (nSPS) is 25.7. The van der Waals surface area contributed by atoms with E-state index in [0.29, 0.717) is 19.8 Å². The molecule has 0 spiro atoms. The van der Waals surface area contributed by atoms with Gasteiger partial charge in [0, 0.05) is 17.2 Å². The van der Waals surface area contributed by atoms with E-state index in [0.717, 1.165) is 34.6 Å². The van der Waals surface area contributed by atoms with E-state index in [4.69, 9.17) is 23.7 Å². The first kappa shape index (κ1) is 33.2. The Morgan fingerprint density at radius 3 is 1.68 bits per heavy atom. The largest absolute Gasteiger partial charge is 0.374 e. The quantitative estimate of drug-likeness (QED) is 0.0835. The molecule has 47 heavy (non-hydrogen) atoms. The van der Waals surface area contributed by atoms with Gasteiger partial charge < -0.3 is 29.0 Å². The summed E-state index contributed by atoms with van der Waals surface area (Å²) in [6.45, 7) is 2.21.